The Kier molecular flexibility index (Phi) is 6.04. The normalized spacial score (nSPS) is 19.9. The number of thioether (sulfide) groups is 1. The molecule has 0 bridgehead atoms. The molecule has 1 aliphatic heterocycles. The average Bonchev–Trinajstić information content (AvgIpc) is 2.28. The number of hydrogen-bond acceptors (Lipinski definition) is 4. The van der Waals surface area contributed by atoms with Crippen molar-refractivity contribution < 1.29 is 14.4 Å². The van der Waals surface area contributed by atoms with Crippen molar-refractivity contribution in [3.05, 3.63) is 0 Å². The molecule has 1 fully saturated rings. The highest BCUT2D eigenvalue weighted by atomic mass is 32.2. The molecule has 1 heterocycles. The van der Waals surface area contributed by atoms with Crippen LogP contribution in [0.2, 0.25) is 0 Å². The average molecular weight is 258 g/mol. The van der Waals surface area contributed by atoms with E-state index in [2.05, 4.69) is 17.6 Å². The molecular weight excluding hydrogens is 240 g/mol. The number of amides is 3. The van der Waals surface area contributed by atoms with Gasteiger partial charge in [0.1, 0.15) is 6.04 Å². The Hall–Kier alpha value is -1.04. The summed E-state index contributed by atoms with van der Waals surface area (Å²) < 4.78 is 0. The van der Waals surface area contributed by atoms with Crippen molar-refractivity contribution in [2.24, 2.45) is 0 Å². The zero-order valence-corrected chi connectivity index (χ0v) is 10.8. The fraction of sp³-hybridized carbons (Fsp3) is 0.727. The summed E-state index contributed by atoms with van der Waals surface area (Å²) in [4.78, 5) is 33.8. The number of unbranched alkanes of at least 4 members (excludes halogenated alkanes) is 1. The first kappa shape index (κ1) is 14.0. The number of carbonyl (C=O) groups is 3. The van der Waals surface area contributed by atoms with E-state index in [4.69, 9.17) is 0 Å². The summed E-state index contributed by atoms with van der Waals surface area (Å²) in [5, 5.41) is 4.85. The minimum Gasteiger partial charge on any atom is -0.344 e. The Balaban J connectivity index is 2.21. The van der Waals surface area contributed by atoms with Gasteiger partial charge in [-0.1, -0.05) is 13.3 Å². The molecule has 17 heavy (non-hydrogen) atoms. The van der Waals surface area contributed by atoms with Crippen molar-refractivity contribution in [3.8, 4) is 0 Å². The molecule has 1 atom stereocenters. The maximum atomic E-state index is 11.5. The molecule has 5 nitrogen and oxygen atoms in total. The van der Waals surface area contributed by atoms with Crippen LogP contribution in [0.4, 0.5) is 0 Å². The van der Waals surface area contributed by atoms with E-state index in [-0.39, 0.29) is 11.8 Å². The van der Waals surface area contributed by atoms with Crippen LogP contribution >= 0.6 is 11.8 Å². The first-order valence-corrected chi connectivity index (χ1v) is 6.99. The Morgan fingerprint density at radius 3 is 2.94 bits per heavy atom. The molecule has 0 aliphatic carbocycles. The van der Waals surface area contributed by atoms with Gasteiger partial charge in [0.15, 0.2) is 0 Å². The minimum atomic E-state index is -0.549. The van der Waals surface area contributed by atoms with Crippen molar-refractivity contribution >= 4 is 29.5 Å². The van der Waals surface area contributed by atoms with E-state index in [1.54, 1.807) is 11.8 Å². The Morgan fingerprint density at radius 1 is 1.53 bits per heavy atom. The topological polar surface area (TPSA) is 75.3 Å². The SMILES string of the molecule is CCCCSCC(=O)NC1CCC(=O)NC1=O. The molecule has 0 aromatic rings. The van der Waals surface area contributed by atoms with Gasteiger partial charge < -0.3 is 5.32 Å². The van der Waals surface area contributed by atoms with Crippen LogP contribution in [-0.4, -0.2) is 35.3 Å². The number of hydrogen-bond donors (Lipinski definition) is 2. The molecule has 0 saturated carbocycles. The number of carbonyl (C=O) groups excluding carboxylic acids is 3. The van der Waals surface area contributed by atoms with Crippen LogP contribution in [0.3, 0.4) is 0 Å². The molecule has 0 radical (unpaired) electrons. The second kappa shape index (κ2) is 7.32. The van der Waals surface area contributed by atoms with Gasteiger partial charge in [0.2, 0.25) is 17.7 Å². The van der Waals surface area contributed by atoms with Gasteiger partial charge in [0.25, 0.3) is 0 Å². The third kappa shape index (κ3) is 5.21. The lowest BCUT2D eigenvalue weighted by Crippen LogP contribution is -2.52. The Labute approximate surface area is 105 Å². The van der Waals surface area contributed by atoms with Gasteiger partial charge in [0.05, 0.1) is 5.75 Å². The second-order valence-electron chi connectivity index (χ2n) is 3.98. The maximum Gasteiger partial charge on any atom is 0.249 e. The molecule has 1 rings (SSSR count). The van der Waals surface area contributed by atoms with Gasteiger partial charge in [-0.3, -0.25) is 19.7 Å². The molecule has 3 amide bonds. The van der Waals surface area contributed by atoms with Crippen molar-refractivity contribution in [1.82, 2.24) is 10.6 Å². The van der Waals surface area contributed by atoms with Crippen LogP contribution in [0.5, 0.6) is 0 Å². The molecule has 6 heteroatoms. The molecule has 2 N–H and O–H groups in total. The summed E-state index contributed by atoms with van der Waals surface area (Å²) in [7, 11) is 0. The van der Waals surface area contributed by atoms with Gasteiger partial charge in [0, 0.05) is 6.42 Å². The third-order valence-electron chi connectivity index (χ3n) is 2.45. The van der Waals surface area contributed by atoms with E-state index in [9.17, 15) is 14.4 Å². The standard InChI is InChI=1S/C11H18N2O3S/c1-2-3-6-17-7-10(15)12-8-4-5-9(14)13-11(8)16/h8H,2-7H2,1H3,(H,12,15)(H,13,14,16). The molecule has 0 aromatic carbocycles. The first-order valence-electron chi connectivity index (χ1n) is 5.84. The smallest absolute Gasteiger partial charge is 0.249 e. The number of imide groups is 1. The van der Waals surface area contributed by atoms with Crippen LogP contribution in [0.25, 0.3) is 0 Å². The van der Waals surface area contributed by atoms with Gasteiger partial charge in [-0.25, -0.2) is 0 Å². The highest BCUT2D eigenvalue weighted by Crippen LogP contribution is 2.07. The lowest BCUT2D eigenvalue weighted by atomic mass is 10.1. The lowest BCUT2D eigenvalue weighted by Gasteiger charge is -2.21. The van der Waals surface area contributed by atoms with Gasteiger partial charge in [-0.15, -0.1) is 0 Å². The first-order chi connectivity index (χ1) is 8.13. The van der Waals surface area contributed by atoms with Gasteiger partial charge >= 0.3 is 0 Å². The van der Waals surface area contributed by atoms with Crippen LogP contribution in [0.1, 0.15) is 32.6 Å². The Morgan fingerprint density at radius 2 is 2.29 bits per heavy atom. The van der Waals surface area contributed by atoms with E-state index in [1.165, 1.54) is 0 Å². The van der Waals surface area contributed by atoms with E-state index < -0.39 is 11.9 Å². The van der Waals surface area contributed by atoms with Crippen molar-refractivity contribution in [3.63, 3.8) is 0 Å². The zero-order chi connectivity index (χ0) is 12.7. The Bertz CT molecular complexity index is 307. The van der Waals surface area contributed by atoms with Crippen molar-refractivity contribution in [2.45, 2.75) is 38.6 Å². The molecule has 1 saturated heterocycles. The summed E-state index contributed by atoms with van der Waals surface area (Å²) >= 11 is 1.57. The number of rotatable bonds is 6. The summed E-state index contributed by atoms with van der Waals surface area (Å²) in [6, 6.07) is -0.549. The molecule has 1 unspecified atom stereocenters. The minimum absolute atomic E-state index is 0.138. The van der Waals surface area contributed by atoms with Crippen LogP contribution < -0.4 is 10.6 Å². The monoisotopic (exact) mass is 258 g/mol. The summed E-state index contributed by atoms with van der Waals surface area (Å²) in [6.07, 6.45) is 2.90. The molecule has 0 aromatic heterocycles. The van der Waals surface area contributed by atoms with Gasteiger partial charge in [-0.05, 0) is 18.6 Å². The molecule has 1 aliphatic rings. The number of nitrogens with one attached hydrogen (secondary N) is 2. The summed E-state index contributed by atoms with van der Waals surface area (Å²) in [6.45, 7) is 2.10. The fourth-order valence-electron chi connectivity index (χ4n) is 1.48. The predicted octanol–water partition coefficient (Wildman–Crippen LogP) is 0.441. The van der Waals surface area contributed by atoms with Crippen LogP contribution in [-0.2, 0) is 14.4 Å². The lowest BCUT2D eigenvalue weighted by molar-refractivity contribution is -0.136. The van der Waals surface area contributed by atoms with E-state index in [0.29, 0.717) is 18.6 Å². The maximum absolute atomic E-state index is 11.5. The summed E-state index contributed by atoms with van der Waals surface area (Å²) in [5.74, 6) is 0.531. The highest BCUT2D eigenvalue weighted by Gasteiger charge is 2.27. The van der Waals surface area contributed by atoms with Crippen molar-refractivity contribution in [1.29, 1.82) is 0 Å². The predicted molar refractivity (Wildman–Crippen MR) is 66.5 cm³/mol. The molecule has 0 spiro atoms. The largest absolute Gasteiger partial charge is 0.344 e. The third-order valence-corrected chi connectivity index (χ3v) is 3.49. The molecular formula is C11H18N2O3S. The zero-order valence-electron chi connectivity index (χ0n) is 9.95. The van der Waals surface area contributed by atoms with E-state index >= 15 is 0 Å². The van der Waals surface area contributed by atoms with Crippen LogP contribution in [0, 0.1) is 0 Å². The van der Waals surface area contributed by atoms with Crippen molar-refractivity contribution in [2.75, 3.05) is 11.5 Å². The highest BCUT2D eigenvalue weighted by molar-refractivity contribution is 7.99. The molecule has 96 valence electrons. The quantitative estimate of drug-likeness (QED) is 0.535. The van der Waals surface area contributed by atoms with E-state index in [1.807, 2.05) is 0 Å². The van der Waals surface area contributed by atoms with Crippen LogP contribution in [0.15, 0.2) is 0 Å². The fourth-order valence-corrected chi connectivity index (χ4v) is 2.38. The number of piperidine rings is 1. The summed E-state index contributed by atoms with van der Waals surface area (Å²) in [5.41, 5.74) is 0. The van der Waals surface area contributed by atoms with Gasteiger partial charge in [-0.2, -0.15) is 11.8 Å². The van der Waals surface area contributed by atoms with E-state index in [0.717, 1.165) is 18.6 Å². The second-order valence-corrected chi connectivity index (χ2v) is 5.08.